The highest BCUT2D eigenvalue weighted by molar-refractivity contribution is 6.77. The zero-order valence-corrected chi connectivity index (χ0v) is 23.1. The summed E-state index contributed by atoms with van der Waals surface area (Å²) in [7, 11) is 0.422. The second kappa shape index (κ2) is 8.39. The van der Waals surface area contributed by atoms with Crippen LogP contribution in [0.1, 0.15) is 72.2 Å². The molecule has 1 unspecified atom stereocenters. The zero-order chi connectivity index (χ0) is 23.7. The number of hydrogen-bond donors (Lipinski definition) is 0. The molecule has 3 nitrogen and oxygen atoms in total. The topological polar surface area (TPSA) is 17.4 Å². The maximum atomic E-state index is 7.25. The van der Waals surface area contributed by atoms with E-state index in [1.807, 2.05) is 0 Å². The van der Waals surface area contributed by atoms with Gasteiger partial charge in [-0.2, -0.15) is 0 Å². The van der Waals surface area contributed by atoms with Gasteiger partial charge in [-0.05, 0) is 53.9 Å². The van der Waals surface area contributed by atoms with Crippen LogP contribution in [0.4, 0.5) is 0 Å². The van der Waals surface area contributed by atoms with Crippen LogP contribution < -0.4 is 0 Å². The van der Waals surface area contributed by atoms with Gasteiger partial charge in [-0.1, -0.05) is 71.4 Å². The second-order valence-electron chi connectivity index (χ2n) is 11.9. The van der Waals surface area contributed by atoms with Crippen molar-refractivity contribution >= 4 is 19.2 Å². The van der Waals surface area contributed by atoms with Gasteiger partial charge in [-0.25, -0.2) is 0 Å². The van der Waals surface area contributed by atoms with E-state index in [1.165, 1.54) is 23.7 Å². The van der Waals surface area contributed by atoms with Crippen molar-refractivity contribution in [1.82, 2.24) is 9.47 Å². The van der Waals surface area contributed by atoms with Gasteiger partial charge in [0.05, 0.1) is 6.04 Å². The molecule has 5 atom stereocenters. The van der Waals surface area contributed by atoms with Crippen LogP contribution in [0.3, 0.4) is 0 Å². The molecular formula is C29H44N2OSi. The molecule has 0 amide bonds. The van der Waals surface area contributed by atoms with Crippen LogP contribution in [0, 0.1) is 11.8 Å². The number of aryl methyl sites for hydroxylation is 1. The normalized spacial score (nSPS) is 30.3. The molecule has 1 aromatic carbocycles. The lowest BCUT2D eigenvalue weighted by atomic mass is 9.64. The van der Waals surface area contributed by atoms with Crippen LogP contribution in [0.2, 0.25) is 16.6 Å². The summed E-state index contributed by atoms with van der Waals surface area (Å²) in [5, 5.41) is 1.48. The minimum Gasteiger partial charge on any atom is -0.416 e. The van der Waals surface area contributed by atoms with Crippen molar-refractivity contribution in [3.63, 3.8) is 0 Å². The Morgan fingerprint density at radius 2 is 1.73 bits per heavy atom. The van der Waals surface area contributed by atoms with E-state index in [-0.39, 0.29) is 0 Å². The Bertz CT molecular complexity index is 1040. The number of fused-ring (bicyclic) bond motifs is 4. The van der Waals surface area contributed by atoms with E-state index in [0.29, 0.717) is 40.5 Å². The summed E-state index contributed by atoms with van der Waals surface area (Å²) < 4.78 is 9.75. The molecule has 4 heteroatoms. The summed E-state index contributed by atoms with van der Waals surface area (Å²) in [5.41, 5.74) is 8.19. The third-order valence-corrected chi connectivity index (χ3v) is 15.8. The molecule has 0 aliphatic carbocycles. The molecule has 3 fully saturated rings. The fourth-order valence-electron chi connectivity index (χ4n) is 8.43. The zero-order valence-electron chi connectivity index (χ0n) is 22.1. The van der Waals surface area contributed by atoms with Crippen molar-refractivity contribution in [2.75, 3.05) is 13.2 Å². The van der Waals surface area contributed by atoms with E-state index in [9.17, 15) is 0 Å². The van der Waals surface area contributed by atoms with Crippen molar-refractivity contribution < 1.29 is 4.43 Å². The maximum absolute atomic E-state index is 7.25. The van der Waals surface area contributed by atoms with E-state index in [0.717, 1.165) is 13.2 Å². The number of hydrogen-bond acceptors (Lipinski definition) is 2. The van der Waals surface area contributed by atoms with Crippen molar-refractivity contribution in [2.24, 2.45) is 18.9 Å². The summed E-state index contributed by atoms with van der Waals surface area (Å²) in [6.07, 6.45) is 4.84. The van der Waals surface area contributed by atoms with Crippen LogP contribution >= 0.6 is 0 Å². The van der Waals surface area contributed by atoms with Gasteiger partial charge in [0.25, 0.3) is 0 Å². The maximum Gasteiger partial charge on any atom is 0.200 e. The van der Waals surface area contributed by atoms with Crippen LogP contribution in [-0.4, -0.2) is 37.0 Å². The van der Waals surface area contributed by atoms with Gasteiger partial charge in [-0.15, -0.1) is 0 Å². The Morgan fingerprint density at radius 1 is 1.06 bits per heavy atom. The first-order valence-electron chi connectivity index (χ1n) is 13.3. The van der Waals surface area contributed by atoms with Gasteiger partial charge in [0, 0.05) is 48.8 Å². The number of rotatable bonds is 6. The van der Waals surface area contributed by atoms with Crippen molar-refractivity contribution in [3.05, 3.63) is 47.2 Å². The van der Waals surface area contributed by atoms with Gasteiger partial charge < -0.3 is 8.99 Å². The molecular weight excluding hydrogens is 420 g/mol. The summed E-state index contributed by atoms with van der Waals surface area (Å²) in [6, 6.07) is 10.2. The first-order chi connectivity index (χ1) is 15.7. The molecule has 0 N–H and O–H groups in total. The van der Waals surface area contributed by atoms with E-state index < -0.39 is 8.32 Å². The largest absolute Gasteiger partial charge is 0.416 e. The highest BCUT2D eigenvalue weighted by atomic mass is 28.4. The molecule has 33 heavy (non-hydrogen) atoms. The van der Waals surface area contributed by atoms with Crippen LogP contribution in [-0.2, 0) is 17.9 Å². The average molecular weight is 465 g/mol. The number of piperidine rings is 3. The number of benzene rings is 1. The highest BCUT2D eigenvalue weighted by Crippen LogP contribution is 2.55. The molecule has 0 saturated carbocycles. The third-order valence-electron chi connectivity index (χ3n) is 9.75. The molecule has 5 heterocycles. The van der Waals surface area contributed by atoms with Crippen LogP contribution in [0.25, 0.3) is 10.9 Å². The van der Waals surface area contributed by atoms with E-state index in [4.69, 9.17) is 4.43 Å². The fourth-order valence-corrected chi connectivity index (χ4v) is 13.9. The fraction of sp³-hybridized carbons (Fsp3) is 0.655. The van der Waals surface area contributed by atoms with Gasteiger partial charge in [0.15, 0.2) is 8.32 Å². The SMILES string of the molecule is C/C=C1/CN2[C@H]3C[C@@H]1[C@@H](CO[Si](C(C)C)(C(C)C)C(C)C)[C@@H]2Cc1c3n(C)c2ccccc12. The Labute approximate surface area is 202 Å². The van der Waals surface area contributed by atoms with E-state index in [2.05, 4.69) is 95.3 Å². The molecule has 0 spiro atoms. The molecule has 1 aromatic heterocycles. The van der Waals surface area contributed by atoms with Gasteiger partial charge in [0.2, 0.25) is 0 Å². The molecule has 0 radical (unpaired) electrons. The number of para-hydroxylation sites is 1. The van der Waals surface area contributed by atoms with Crippen LogP contribution in [0.5, 0.6) is 0 Å². The van der Waals surface area contributed by atoms with E-state index in [1.54, 1.807) is 16.8 Å². The molecule has 4 aliphatic heterocycles. The lowest BCUT2D eigenvalue weighted by Crippen LogP contribution is -2.62. The van der Waals surface area contributed by atoms with Gasteiger partial charge in [0.1, 0.15) is 0 Å². The van der Waals surface area contributed by atoms with Gasteiger partial charge in [-0.3, -0.25) is 4.90 Å². The first-order valence-corrected chi connectivity index (χ1v) is 15.5. The number of nitrogens with zero attached hydrogens (tertiary/aromatic N) is 2. The van der Waals surface area contributed by atoms with Crippen molar-refractivity contribution in [1.29, 1.82) is 0 Å². The summed E-state index contributed by atoms with van der Waals surface area (Å²) >= 11 is 0. The molecule has 4 bridgehead atoms. The third kappa shape index (κ3) is 3.27. The minimum atomic E-state index is -1.87. The van der Waals surface area contributed by atoms with Crippen LogP contribution in [0.15, 0.2) is 35.9 Å². The number of allylic oxidation sites excluding steroid dienone is 1. The van der Waals surface area contributed by atoms with Gasteiger partial charge >= 0.3 is 0 Å². The Kier molecular flexibility index (Phi) is 5.94. The van der Waals surface area contributed by atoms with E-state index >= 15 is 0 Å². The standard InChI is InChI=1S/C29H44N2OSi/c1-9-21-16-31-27-15-24-22-12-10-11-13-26(22)30(8)29(24)28(31)14-23(21)25(27)17-32-33(18(2)3,19(4)5)20(6)7/h9-13,18-20,23,25,27-28H,14-17H2,1-8H3/b21-9-/t23-,25+,27-,28-/m0/s1. The highest BCUT2D eigenvalue weighted by Gasteiger charge is 2.54. The molecule has 180 valence electrons. The summed E-state index contributed by atoms with van der Waals surface area (Å²) in [6.45, 7) is 18.8. The Balaban J connectivity index is 1.53. The second-order valence-corrected chi connectivity index (χ2v) is 17.4. The predicted molar refractivity (Wildman–Crippen MR) is 142 cm³/mol. The quantitative estimate of drug-likeness (QED) is 0.331. The lowest BCUT2D eigenvalue weighted by Gasteiger charge is -2.59. The predicted octanol–water partition coefficient (Wildman–Crippen LogP) is 7.23. The molecule has 2 aromatic rings. The molecule has 6 rings (SSSR count). The van der Waals surface area contributed by atoms with Crippen molar-refractivity contribution in [3.8, 4) is 0 Å². The first kappa shape index (κ1) is 23.4. The monoisotopic (exact) mass is 464 g/mol. The average Bonchev–Trinajstić information content (AvgIpc) is 3.06. The molecule has 3 saturated heterocycles. The molecule has 4 aliphatic rings. The summed E-state index contributed by atoms with van der Waals surface area (Å²) in [5.74, 6) is 1.27. The smallest absolute Gasteiger partial charge is 0.200 e. The Morgan fingerprint density at radius 3 is 2.36 bits per heavy atom. The summed E-state index contributed by atoms with van der Waals surface area (Å²) in [4.78, 5) is 2.86. The number of aromatic nitrogens is 1. The lowest BCUT2D eigenvalue weighted by molar-refractivity contribution is -0.0498. The minimum absolute atomic E-state index is 0.559. The van der Waals surface area contributed by atoms with Crippen molar-refractivity contribution in [2.45, 2.75) is 90.0 Å². The Hall–Kier alpha value is -1.36.